The lowest BCUT2D eigenvalue weighted by atomic mass is 10.0. The zero-order chi connectivity index (χ0) is 44.5. The minimum absolute atomic E-state index is 0.0625. The summed E-state index contributed by atoms with van der Waals surface area (Å²) in [5, 5.41) is 0. The summed E-state index contributed by atoms with van der Waals surface area (Å²) in [5.41, 5.74) is 0. The summed E-state index contributed by atoms with van der Waals surface area (Å²) < 4.78 is 16.8. The summed E-state index contributed by atoms with van der Waals surface area (Å²) in [5.74, 6) is -0.00357. The lowest BCUT2D eigenvalue weighted by Crippen LogP contribution is -2.30. The van der Waals surface area contributed by atoms with Gasteiger partial charge in [-0.1, -0.05) is 272 Å². The Labute approximate surface area is 380 Å². The minimum atomic E-state index is -0.760. The van der Waals surface area contributed by atoms with Crippen molar-refractivity contribution in [1.82, 2.24) is 0 Å². The van der Waals surface area contributed by atoms with Gasteiger partial charge in [0.05, 0.1) is 0 Å². The summed E-state index contributed by atoms with van der Waals surface area (Å²) in [6, 6.07) is 0. The average Bonchev–Trinajstić information content (AvgIpc) is 3.24. The van der Waals surface area contributed by atoms with Crippen molar-refractivity contribution in [2.24, 2.45) is 5.92 Å². The molecule has 0 aliphatic rings. The van der Waals surface area contributed by atoms with Gasteiger partial charge in [-0.15, -0.1) is 0 Å². The van der Waals surface area contributed by atoms with Crippen LogP contribution in [0.1, 0.15) is 310 Å². The van der Waals surface area contributed by atoms with Crippen LogP contribution < -0.4 is 0 Å². The number of hydrogen-bond acceptors (Lipinski definition) is 6. The third-order valence-electron chi connectivity index (χ3n) is 12.5. The van der Waals surface area contributed by atoms with E-state index in [0.29, 0.717) is 19.3 Å². The molecule has 6 heteroatoms. The number of ether oxygens (including phenoxy) is 3. The van der Waals surface area contributed by atoms with Gasteiger partial charge >= 0.3 is 17.9 Å². The molecule has 0 aromatic rings. The van der Waals surface area contributed by atoms with Crippen LogP contribution in [0, 0.1) is 5.92 Å². The second kappa shape index (κ2) is 49.4. The van der Waals surface area contributed by atoms with E-state index in [1.165, 1.54) is 205 Å². The molecule has 0 saturated carbocycles. The largest absolute Gasteiger partial charge is 0.462 e. The molecule has 0 heterocycles. The van der Waals surface area contributed by atoms with Gasteiger partial charge < -0.3 is 14.2 Å². The zero-order valence-corrected chi connectivity index (χ0v) is 41.6. The van der Waals surface area contributed by atoms with Crippen LogP contribution in [0.25, 0.3) is 0 Å². The van der Waals surface area contributed by atoms with Crippen molar-refractivity contribution >= 4 is 17.9 Å². The van der Waals surface area contributed by atoms with E-state index in [2.05, 4.69) is 27.7 Å². The molecule has 0 fully saturated rings. The predicted molar refractivity (Wildman–Crippen MR) is 261 cm³/mol. The molecule has 0 aliphatic heterocycles. The normalized spacial score (nSPS) is 12.0. The average molecular weight is 863 g/mol. The van der Waals surface area contributed by atoms with Crippen molar-refractivity contribution in [2.75, 3.05) is 13.2 Å². The van der Waals surface area contributed by atoms with Crippen molar-refractivity contribution in [3.05, 3.63) is 0 Å². The molecule has 0 aromatic heterocycles. The van der Waals surface area contributed by atoms with Crippen molar-refractivity contribution in [2.45, 2.75) is 316 Å². The number of carbonyl (C=O) groups is 3. The first-order valence-corrected chi connectivity index (χ1v) is 27.4. The van der Waals surface area contributed by atoms with Gasteiger partial charge in [0.1, 0.15) is 13.2 Å². The molecule has 0 spiro atoms. The smallest absolute Gasteiger partial charge is 0.306 e. The van der Waals surface area contributed by atoms with E-state index in [4.69, 9.17) is 14.2 Å². The predicted octanol–water partition coefficient (Wildman–Crippen LogP) is 17.8. The Morgan fingerprint density at radius 2 is 0.541 bits per heavy atom. The Morgan fingerprint density at radius 3 is 0.803 bits per heavy atom. The molecule has 6 nitrogen and oxygen atoms in total. The van der Waals surface area contributed by atoms with E-state index in [1.54, 1.807) is 0 Å². The molecule has 1 atom stereocenters. The maximum atomic E-state index is 12.7. The number of unbranched alkanes of at least 4 members (excludes halogenated alkanes) is 37. The highest BCUT2D eigenvalue weighted by Gasteiger charge is 2.19. The first kappa shape index (κ1) is 59.4. The monoisotopic (exact) mass is 863 g/mol. The Morgan fingerprint density at radius 1 is 0.311 bits per heavy atom. The molecule has 362 valence electrons. The van der Waals surface area contributed by atoms with Gasteiger partial charge in [-0.05, 0) is 25.2 Å². The highest BCUT2D eigenvalue weighted by molar-refractivity contribution is 5.71. The van der Waals surface area contributed by atoms with E-state index < -0.39 is 6.10 Å². The fourth-order valence-corrected chi connectivity index (χ4v) is 8.39. The molecule has 0 saturated heterocycles. The molecule has 0 unspecified atom stereocenters. The standard InChI is InChI=1S/C55H106O6/c1-5-7-9-11-13-15-16-17-18-19-20-21-24-27-31-34-38-42-46-53(56)59-49-52(61-55(58)48-44-40-36-29-14-12-10-8-6-2)50-60-54(57)47-43-39-35-32-28-25-22-23-26-30-33-37-41-45-51(3)4/h51-52H,5-50H2,1-4H3/t52-/m0/s1. The van der Waals surface area contributed by atoms with E-state index in [0.717, 1.165) is 63.7 Å². The molecular weight excluding hydrogens is 757 g/mol. The van der Waals surface area contributed by atoms with Gasteiger partial charge in [-0.2, -0.15) is 0 Å². The van der Waals surface area contributed by atoms with Gasteiger partial charge in [-0.3, -0.25) is 14.4 Å². The Hall–Kier alpha value is -1.59. The van der Waals surface area contributed by atoms with E-state index in [-0.39, 0.29) is 31.1 Å². The molecular formula is C55H106O6. The van der Waals surface area contributed by atoms with Crippen molar-refractivity contribution in [1.29, 1.82) is 0 Å². The van der Waals surface area contributed by atoms with E-state index in [9.17, 15) is 14.4 Å². The minimum Gasteiger partial charge on any atom is -0.462 e. The Balaban J connectivity index is 4.20. The maximum Gasteiger partial charge on any atom is 0.306 e. The highest BCUT2D eigenvalue weighted by Crippen LogP contribution is 2.17. The lowest BCUT2D eigenvalue weighted by Gasteiger charge is -2.18. The summed E-state index contributed by atoms with van der Waals surface area (Å²) in [6.07, 6.45) is 52.4. The number of rotatable bonds is 50. The third kappa shape index (κ3) is 49.3. The summed E-state index contributed by atoms with van der Waals surface area (Å²) in [7, 11) is 0. The van der Waals surface area contributed by atoms with E-state index in [1.807, 2.05) is 0 Å². The van der Waals surface area contributed by atoms with Crippen LogP contribution in [0.15, 0.2) is 0 Å². The molecule has 0 aliphatic carbocycles. The first-order valence-electron chi connectivity index (χ1n) is 27.4. The summed E-state index contributed by atoms with van der Waals surface area (Å²) in [4.78, 5) is 37.9. The van der Waals surface area contributed by atoms with Crippen LogP contribution in [0.3, 0.4) is 0 Å². The zero-order valence-electron chi connectivity index (χ0n) is 41.6. The van der Waals surface area contributed by atoms with Crippen LogP contribution in [0.4, 0.5) is 0 Å². The van der Waals surface area contributed by atoms with E-state index >= 15 is 0 Å². The number of carbonyl (C=O) groups excluding carboxylic acids is 3. The first-order chi connectivity index (χ1) is 29.9. The van der Waals surface area contributed by atoms with Crippen LogP contribution in [-0.4, -0.2) is 37.2 Å². The lowest BCUT2D eigenvalue weighted by molar-refractivity contribution is -0.167. The maximum absolute atomic E-state index is 12.7. The van der Waals surface area contributed by atoms with Crippen molar-refractivity contribution in [3.63, 3.8) is 0 Å². The second-order valence-corrected chi connectivity index (χ2v) is 19.3. The van der Waals surface area contributed by atoms with Crippen LogP contribution in [0.5, 0.6) is 0 Å². The molecule has 0 amide bonds. The molecule has 0 N–H and O–H groups in total. The number of esters is 3. The molecule has 0 radical (unpaired) electrons. The Kier molecular flexibility index (Phi) is 48.1. The fraction of sp³-hybridized carbons (Fsp3) is 0.945. The molecule has 0 bridgehead atoms. The van der Waals surface area contributed by atoms with Gasteiger partial charge in [0.25, 0.3) is 0 Å². The van der Waals surface area contributed by atoms with Crippen LogP contribution in [-0.2, 0) is 28.6 Å². The molecule has 0 rings (SSSR count). The number of hydrogen-bond donors (Lipinski definition) is 0. The van der Waals surface area contributed by atoms with Gasteiger partial charge in [0.2, 0.25) is 0 Å². The summed E-state index contributed by atoms with van der Waals surface area (Å²) in [6.45, 7) is 9.03. The van der Waals surface area contributed by atoms with Crippen molar-refractivity contribution < 1.29 is 28.6 Å². The van der Waals surface area contributed by atoms with Crippen LogP contribution in [0.2, 0.25) is 0 Å². The summed E-state index contributed by atoms with van der Waals surface area (Å²) >= 11 is 0. The fourth-order valence-electron chi connectivity index (χ4n) is 8.39. The Bertz CT molecular complexity index is 918. The van der Waals surface area contributed by atoms with Gasteiger partial charge in [-0.25, -0.2) is 0 Å². The molecule has 61 heavy (non-hydrogen) atoms. The molecule has 0 aromatic carbocycles. The van der Waals surface area contributed by atoms with Crippen LogP contribution >= 0.6 is 0 Å². The topological polar surface area (TPSA) is 78.9 Å². The second-order valence-electron chi connectivity index (χ2n) is 19.3. The van der Waals surface area contributed by atoms with Gasteiger partial charge in [0.15, 0.2) is 6.10 Å². The SMILES string of the molecule is CCCCCCCCCCCCCCCCCCCCC(=O)OC[C@@H](COC(=O)CCCCCCCCCCCCCCCC(C)C)OC(=O)CCCCCCCCCCC. The van der Waals surface area contributed by atoms with Gasteiger partial charge in [0, 0.05) is 19.3 Å². The third-order valence-corrected chi connectivity index (χ3v) is 12.5. The highest BCUT2D eigenvalue weighted by atomic mass is 16.6. The van der Waals surface area contributed by atoms with Crippen molar-refractivity contribution in [3.8, 4) is 0 Å². The quantitative estimate of drug-likeness (QED) is 0.0344.